The summed E-state index contributed by atoms with van der Waals surface area (Å²) in [5.41, 5.74) is 0.870. The van der Waals surface area contributed by atoms with Crippen LogP contribution >= 0.6 is 48.0 Å². The van der Waals surface area contributed by atoms with Gasteiger partial charge < -0.3 is 10.4 Å². The first kappa shape index (κ1) is 21.1. The molecular weight excluding hydrogens is 378 g/mol. The third-order valence-corrected chi connectivity index (χ3v) is 5.29. The second kappa shape index (κ2) is 9.55. The van der Waals surface area contributed by atoms with E-state index in [9.17, 15) is 5.11 Å². The Labute approximate surface area is 160 Å². The number of rotatable bonds is 3. The van der Waals surface area contributed by atoms with Crippen LogP contribution in [0, 0.1) is 5.92 Å². The Morgan fingerprint density at radius 1 is 1.09 bits per heavy atom. The molecule has 7 heteroatoms. The fourth-order valence-corrected chi connectivity index (χ4v) is 4.41. The minimum absolute atomic E-state index is 0. The second-order valence-electron chi connectivity index (χ2n) is 6.10. The molecule has 2 aliphatic rings. The van der Waals surface area contributed by atoms with Crippen molar-refractivity contribution in [3.05, 3.63) is 27.7 Å². The van der Waals surface area contributed by atoms with Gasteiger partial charge in [-0.1, -0.05) is 36.0 Å². The highest BCUT2D eigenvalue weighted by atomic mass is 35.5. The maximum Gasteiger partial charge on any atom is 0.123 e. The van der Waals surface area contributed by atoms with E-state index < -0.39 is 0 Å². The summed E-state index contributed by atoms with van der Waals surface area (Å²) < 4.78 is 0. The predicted molar refractivity (Wildman–Crippen MR) is 102 cm³/mol. The first-order valence-electron chi connectivity index (χ1n) is 7.79. The minimum atomic E-state index is 0. The fourth-order valence-electron chi connectivity index (χ4n) is 3.81. The molecule has 0 unspecified atom stereocenters. The van der Waals surface area contributed by atoms with Gasteiger partial charge in [-0.05, 0) is 30.9 Å². The van der Waals surface area contributed by atoms with Gasteiger partial charge in [-0.15, -0.1) is 24.8 Å². The van der Waals surface area contributed by atoms with E-state index >= 15 is 0 Å². The van der Waals surface area contributed by atoms with Crippen LogP contribution in [-0.4, -0.2) is 36.2 Å². The zero-order valence-corrected chi connectivity index (χ0v) is 16.1. The van der Waals surface area contributed by atoms with Crippen LogP contribution in [0.3, 0.4) is 0 Å². The molecule has 3 nitrogen and oxygen atoms in total. The normalized spacial score (nSPS) is 20.6. The molecule has 0 amide bonds. The van der Waals surface area contributed by atoms with Crippen molar-refractivity contribution in [2.45, 2.75) is 31.7 Å². The molecule has 1 aliphatic carbocycles. The Kier molecular flexibility index (Phi) is 8.78. The minimum Gasteiger partial charge on any atom is -0.508 e. The lowest BCUT2D eigenvalue weighted by atomic mass is 9.89. The number of nitrogens with one attached hydrogen (secondary N) is 1. The summed E-state index contributed by atoms with van der Waals surface area (Å²) in [6.45, 7) is 3.99. The lowest BCUT2D eigenvalue weighted by Gasteiger charge is -2.39. The average molecular weight is 402 g/mol. The van der Waals surface area contributed by atoms with Crippen molar-refractivity contribution in [3.63, 3.8) is 0 Å². The van der Waals surface area contributed by atoms with Gasteiger partial charge in [0, 0.05) is 42.8 Å². The average Bonchev–Trinajstić information content (AvgIpc) is 2.97. The molecule has 1 saturated heterocycles. The SMILES string of the molecule is Cl.Cl.Oc1cc(Cl)cc(Cl)c1[C@H](C1CCCC1)N1CCNCC1. The highest BCUT2D eigenvalue weighted by molar-refractivity contribution is 6.35. The van der Waals surface area contributed by atoms with Crippen molar-refractivity contribution >= 4 is 48.0 Å². The lowest BCUT2D eigenvalue weighted by molar-refractivity contribution is 0.123. The van der Waals surface area contributed by atoms with Crippen LogP contribution in [-0.2, 0) is 0 Å². The molecule has 0 spiro atoms. The number of benzene rings is 1. The molecule has 1 saturated carbocycles. The third-order valence-electron chi connectivity index (χ3n) is 4.76. The van der Waals surface area contributed by atoms with Gasteiger partial charge in [-0.2, -0.15) is 0 Å². The number of nitrogens with zero attached hydrogens (tertiary/aromatic N) is 1. The summed E-state index contributed by atoms with van der Waals surface area (Å²) in [6.07, 6.45) is 4.98. The van der Waals surface area contributed by atoms with Gasteiger partial charge in [-0.25, -0.2) is 0 Å². The van der Waals surface area contributed by atoms with Gasteiger partial charge in [-0.3, -0.25) is 4.90 Å². The standard InChI is InChI=1S/C16H22Cl2N2O.2ClH/c17-12-9-13(18)15(14(21)10-12)16(11-3-1-2-4-11)20-7-5-19-6-8-20;;/h9-11,16,19,21H,1-8H2;2*1H/t16-;;/m0../s1. The molecular formula is C16H24Cl4N2O. The number of phenolic OH excluding ortho intramolecular Hbond substituents is 1. The van der Waals surface area contributed by atoms with Crippen molar-refractivity contribution in [2.24, 2.45) is 5.92 Å². The number of halogens is 4. The number of hydrogen-bond acceptors (Lipinski definition) is 3. The molecule has 0 radical (unpaired) electrons. The van der Waals surface area contributed by atoms with Gasteiger partial charge in [0.1, 0.15) is 5.75 Å². The Bertz CT molecular complexity index is 480. The van der Waals surface area contributed by atoms with Crippen LogP contribution in [0.5, 0.6) is 5.75 Å². The largest absolute Gasteiger partial charge is 0.508 e. The van der Waals surface area contributed by atoms with E-state index in [-0.39, 0.29) is 36.6 Å². The molecule has 1 aromatic carbocycles. The van der Waals surface area contributed by atoms with Gasteiger partial charge in [0.25, 0.3) is 0 Å². The van der Waals surface area contributed by atoms with Crippen molar-refractivity contribution in [2.75, 3.05) is 26.2 Å². The summed E-state index contributed by atoms with van der Waals surface area (Å²) in [4.78, 5) is 2.47. The second-order valence-corrected chi connectivity index (χ2v) is 6.94. The summed E-state index contributed by atoms with van der Waals surface area (Å²) in [6, 6.07) is 3.58. The molecule has 1 aliphatic heterocycles. The summed E-state index contributed by atoms with van der Waals surface area (Å²) in [5, 5.41) is 14.9. The maximum atomic E-state index is 10.4. The molecule has 1 aromatic rings. The van der Waals surface area contributed by atoms with E-state index in [1.165, 1.54) is 25.7 Å². The van der Waals surface area contributed by atoms with Gasteiger partial charge >= 0.3 is 0 Å². The van der Waals surface area contributed by atoms with Crippen LogP contribution in [0.15, 0.2) is 12.1 Å². The zero-order valence-electron chi connectivity index (χ0n) is 12.9. The van der Waals surface area contributed by atoms with Crippen LogP contribution in [0.2, 0.25) is 10.0 Å². The molecule has 0 aromatic heterocycles. The number of aromatic hydroxyl groups is 1. The predicted octanol–water partition coefficient (Wildman–Crippen LogP) is 4.68. The molecule has 132 valence electrons. The van der Waals surface area contributed by atoms with Crippen molar-refractivity contribution < 1.29 is 5.11 Å². The highest BCUT2D eigenvalue weighted by Gasteiger charge is 2.34. The summed E-state index contributed by atoms with van der Waals surface area (Å²) >= 11 is 12.4. The number of piperazine rings is 1. The Morgan fingerprint density at radius 2 is 1.70 bits per heavy atom. The maximum absolute atomic E-state index is 10.4. The highest BCUT2D eigenvalue weighted by Crippen LogP contribution is 2.45. The quantitative estimate of drug-likeness (QED) is 0.771. The molecule has 0 bridgehead atoms. The van der Waals surface area contributed by atoms with Crippen molar-refractivity contribution in [1.82, 2.24) is 10.2 Å². The molecule has 1 heterocycles. The van der Waals surface area contributed by atoms with Crippen molar-refractivity contribution in [1.29, 1.82) is 0 Å². The zero-order chi connectivity index (χ0) is 14.8. The number of phenols is 1. The van der Waals surface area contributed by atoms with Crippen LogP contribution in [0.4, 0.5) is 0 Å². The first-order valence-corrected chi connectivity index (χ1v) is 8.55. The fraction of sp³-hybridized carbons (Fsp3) is 0.625. The van der Waals surface area contributed by atoms with Crippen molar-refractivity contribution in [3.8, 4) is 5.75 Å². The molecule has 1 atom stereocenters. The Balaban J connectivity index is 0.00000132. The van der Waals surface area contributed by atoms with Gasteiger partial charge in [0.05, 0.1) is 5.02 Å². The molecule has 23 heavy (non-hydrogen) atoms. The van der Waals surface area contributed by atoms with Crippen LogP contribution < -0.4 is 5.32 Å². The van der Waals surface area contributed by atoms with E-state index in [4.69, 9.17) is 23.2 Å². The first-order chi connectivity index (χ1) is 10.2. The smallest absolute Gasteiger partial charge is 0.123 e. The van der Waals surface area contributed by atoms with E-state index in [0.717, 1.165) is 31.7 Å². The number of hydrogen-bond donors (Lipinski definition) is 2. The monoisotopic (exact) mass is 400 g/mol. The molecule has 3 rings (SSSR count). The van der Waals surface area contributed by atoms with E-state index in [1.807, 2.05) is 0 Å². The van der Waals surface area contributed by atoms with E-state index in [1.54, 1.807) is 12.1 Å². The third kappa shape index (κ3) is 4.81. The van der Waals surface area contributed by atoms with Crippen LogP contribution in [0.25, 0.3) is 0 Å². The molecule has 2 N–H and O–H groups in total. The van der Waals surface area contributed by atoms with E-state index in [2.05, 4.69) is 10.2 Å². The Hall–Kier alpha value is 0.1000. The van der Waals surface area contributed by atoms with Gasteiger partial charge in [0.2, 0.25) is 0 Å². The van der Waals surface area contributed by atoms with Gasteiger partial charge in [0.15, 0.2) is 0 Å². The lowest BCUT2D eigenvalue weighted by Crippen LogP contribution is -2.46. The summed E-state index contributed by atoms with van der Waals surface area (Å²) in [7, 11) is 0. The topological polar surface area (TPSA) is 35.5 Å². The summed E-state index contributed by atoms with van der Waals surface area (Å²) in [5.74, 6) is 0.815. The Morgan fingerprint density at radius 3 is 2.26 bits per heavy atom. The molecule has 2 fully saturated rings. The van der Waals surface area contributed by atoms with E-state index in [0.29, 0.717) is 16.0 Å². The van der Waals surface area contributed by atoms with Crippen LogP contribution in [0.1, 0.15) is 37.3 Å².